The van der Waals surface area contributed by atoms with Gasteiger partial charge in [-0.15, -0.1) is 0 Å². The third-order valence-corrected chi connectivity index (χ3v) is 5.49. The summed E-state index contributed by atoms with van der Waals surface area (Å²) in [5.41, 5.74) is 8.86. The number of nitrogen functional groups attached to an aromatic ring is 1. The number of rotatable bonds is 4. The third-order valence-electron chi connectivity index (χ3n) is 5.49. The number of hydrogen-bond acceptors (Lipinski definition) is 5. The summed E-state index contributed by atoms with van der Waals surface area (Å²) in [6.45, 7) is 5.39. The molecular formula is C22H27N7O. The molecule has 0 aliphatic carbocycles. The molecule has 2 aromatic carbocycles. The fourth-order valence-corrected chi connectivity index (χ4v) is 3.56. The molecule has 3 rings (SSSR count). The second kappa shape index (κ2) is 7.64. The summed E-state index contributed by atoms with van der Waals surface area (Å²) < 4.78 is 0. The third kappa shape index (κ3) is 3.53. The van der Waals surface area contributed by atoms with E-state index < -0.39 is 5.54 Å². The van der Waals surface area contributed by atoms with Crippen LogP contribution in [-0.4, -0.2) is 40.1 Å². The van der Waals surface area contributed by atoms with Crippen molar-refractivity contribution in [3.63, 3.8) is 0 Å². The van der Waals surface area contributed by atoms with E-state index in [-0.39, 0.29) is 17.6 Å². The van der Waals surface area contributed by atoms with Gasteiger partial charge >= 0.3 is 0 Å². The van der Waals surface area contributed by atoms with Gasteiger partial charge in [0.2, 0.25) is 5.96 Å². The number of guanidine groups is 1. The van der Waals surface area contributed by atoms with E-state index in [2.05, 4.69) is 5.32 Å². The highest BCUT2D eigenvalue weighted by Gasteiger charge is 2.42. The number of nitrogens with one attached hydrogen (secondary N) is 3. The standard InChI is InChI=1S/C22H27N7O/c1-13-18(22(2,3)29(26)21(25)28(13)4)20(30)27-15-10-11-17(23)16(12-15)19(24)14-8-6-5-7-9-14/h5-12,24-25H,23,26H2,1-4H3,(H,27,30). The van der Waals surface area contributed by atoms with E-state index in [1.807, 2.05) is 30.3 Å². The molecule has 156 valence electrons. The van der Waals surface area contributed by atoms with E-state index in [4.69, 9.17) is 22.4 Å². The largest absolute Gasteiger partial charge is 0.398 e. The smallest absolute Gasteiger partial charge is 0.255 e. The van der Waals surface area contributed by atoms with Gasteiger partial charge in [0.1, 0.15) is 0 Å². The Morgan fingerprint density at radius 2 is 1.77 bits per heavy atom. The lowest BCUT2D eigenvalue weighted by molar-refractivity contribution is -0.114. The summed E-state index contributed by atoms with van der Waals surface area (Å²) >= 11 is 0. The molecule has 7 N–H and O–H groups in total. The average Bonchev–Trinajstić information content (AvgIpc) is 2.72. The van der Waals surface area contributed by atoms with E-state index in [1.165, 1.54) is 5.01 Å². The summed E-state index contributed by atoms with van der Waals surface area (Å²) in [6, 6.07) is 14.4. The van der Waals surface area contributed by atoms with Gasteiger partial charge in [0.25, 0.3) is 5.91 Å². The summed E-state index contributed by atoms with van der Waals surface area (Å²) in [5, 5.41) is 20.8. The predicted molar refractivity (Wildman–Crippen MR) is 120 cm³/mol. The lowest BCUT2D eigenvalue weighted by Crippen LogP contribution is -2.62. The van der Waals surface area contributed by atoms with Crippen LogP contribution in [0.3, 0.4) is 0 Å². The maximum absolute atomic E-state index is 13.2. The number of anilines is 2. The molecule has 0 bridgehead atoms. The molecule has 0 atom stereocenters. The molecule has 2 aromatic rings. The van der Waals surface area contributed by atoms with Crippen LogP contribution in [0.25, 0.3) is 0 Å². The van der Waals surface area contributed by atoms with Gasteiger partial charge < -0.3 is 16.0 Å². The first-order valence-electron chi connectivity index (χ1n) is 9.49. The molecule has 8 heteroatoms. The number of carbonyl (C=O) groups excluding carboxylic acids is 1. The molecule has 30 heavy (non-hydrogen) atoms. The van der Waals surface area contributed by atoms with Gasteiger partial charge in [0.15, 0.2) is 0 Å². The topological polar surface area (TPSA) is 135 Å². The molecule has 8 nitrogen and oxygen atoms in total. The monoisotopic (exact) mass is 405 g/mol. The highest BCUT2D eigenvalue weighted by molar-refractivity contribution is 6.15. The van der Waals surface area contributed by atoms with Crippen LogP contribution in [0.15, 0.2) is 59.8 Å². The van der Waals surface area contributed by atoms with Crippen molar-refractivity contribution in [3.05, 3.63) is 70.9 Å². The van der Waals surface area contributed by atoms with Crippen LogP contribution in [0.5, 0.6) is 0 Å². The van der Waals surface area contributed by atoms with Crippen molar-refractivity contribution in [1.82, 2.24) is 9.91 Å². The Bertz CT molecular complexity index is 1060. The minimum atomic E-state index is -0.870. The van der Waals surface area contributed by atoms with Gasteiger partial charge in [-0.1, -0.05) is 30.3 Å². The number of carbonyl (C=O) groups is 1. The molecule has 0 fully saturated rings. The van der Waals surface area contributed by atoms with E-state index in [0.29, 0.717) is 28.2 Å². The second-order valence-corrected chi connectivity index (χ2v) is 7.77. The van der Waals surface area contributed by atoms with Gasteiger partial charge in [0, 0.05) is 35.2 Å². The molecule has 0 saturated heterocycles. The first-order chi connectivity index (χ1) is 14.1. The quantitative estimate of drug-likeness (QED) is 0.303. The minimum Gasteiger partial charge on any atom is -0.398 e. The van der Waals surface area contributed by atoms with Crippen molar-refractivity contribution in [1.29, 1.82) is 10.8 Å². The zero-order valence-electron chi connectivity index (χ0n) is 17.6. The highest BCUT2D eigenvalue weighted by atomic mass is 16.1. The number of nitrogens with two attached hydrogens (primary N) is 2. The molecule has 0 spiro atoms. The van der Waals surface area contributed by atoms with Crippen molar-refractivity contribution in [2.24, 2.45) is 5.84 Å². The Labute approximate surface area is 176 Å². The Balaban J connectivity index is 1.94. The van der Waals surface area contributed by atoms with Crippen LogP contribution in [0.1, 0.15) is 31.9 Å². The number of hydrazine groups is 1. The Morgan fingerprint density at radius 1 is 1.13 bits per heavy atom. The Hall–Kier alpha value is -3.65. The van der Waals surface area contributed by atoms with E-state index in [1.54, 1.807) is 50.9 Å². The molecule has 0 radical (unpaired) electrons. The summed E-state index contributed by atoms with van der Waals surface area (Å²) in [6.07, 6.45) is 0. The number of amides is 1. The van der Waals surface area contributed by atoms with Crippen LogP contribution >= 0.6 is 0 Å². The van der Waals surface area contributed by atoms with Crippen molar-refractivity contribution < 1.29 is 4.79 Å². The molecular weight excluding hydrogens is 378 g/mol. The second-order valence-electron chi connectivity index (χ2n) is 7.77. The fourth-order valence-electron chi connectivity index (χ4n) is 3.56. The number of nitrogens with zero attached hydrogens (tertiary/aromatic N) is 2. The normalized spacial score (nSPS) is 16.0. The van der Waals surface area contributed by atoms with Crippen molar-refractivity contribution >= 4 is 29.0 Å². The molecule has 0 unspecified atom stereocenters. The van der Waals surface area contributed by atoms with Crippen molar-refractivity contribution in [3.8, 4) is 0 Å². The van der Waals surface area contributed by atoms with Gasteiger partial charge in [0.05, 0.1) is 16.8 Å². The van der Waals surface area contributed by atoms with Crippen LogP contribution in [0, 0.1) is 10.8 Å². The molecule has 0 aromatic heterocycles. The Morgan fingerprint density at radius 3 is 2.40 bits per heavy atom. The average molecular weight is 406 g/mol. The zero-order valence-corrected chi connectivity index (χ0v) is 17.6. The predicted octanol–water partition coefficient (Wildman–Crippen LogP) is 2.73. The van der Waals surface area contributed by atoms with Gasteiger partial charge in [-0.25, -0.2) is 5.84 Å². The van der Waals surface area contributed by atoms with Gasteiger partial charge in [-0.3, -0.25) is 20.6 Å². The maximum atomic E-state index is 13.2. The Kier molecular flexibility index (Phi) is 5.37. The lowest BCUT2D eigenvalue weighted by atomic mass is 9.88. The SMILES string of the molecule is CC1=C(C(=O)Nc2ccc(N)c(C(=N)c3ccccc3)c2)C(C)(C)N(N)C(=N)N1C. The molecule has 0 saturated carbocycles. The van der Waals surface area contributed by atoms with Gasteiger partial charge in [-0.05, 0) is 39.0 Å². The van der Waals surface area contributed by atoms with Crippen LogP contribution in [0.4, 0.5) is 11.4 Å². The van der Waals surface area contributed by atoms with E-state index in [9.17, 15) is 4.79 Å². The number of allylic oxidation sites excluding steroid dienone is 1. The lowest BCUT2D eigenvalue weighted by Gasteiger charge is -2.46. The zero-order chi connectivity index (χ0) is 22.2. The first-order valence-corrected chi connectivity index (χ1v) is 9.49. The van der Waals surface area contributed by atoms with Crippen LogP contribution < -0.4 is 16.9 Å². The number of hydrogen-bond donors (Lipinski definition) is 5. The summed E-state index contributed by atoms with van der Waals surface area (Å²) in [5.74, 6) is 5.87. The summed E-state index contributed by atoms with van der Waals surface area (Å²) in [4.78, 5) is 14.8. The first kappa shape index (κ1) is 21.1. The van der Waals surface area contributed by atoms with Crippen molar-refractivity contribution in [2.45, 2.75) is 26.3 Å². The van der Waals surface area contributed by atoms with E-state index >= 15 is 0 Å². The van der Waals surface area contributed by atoms with Crippen LogP contribution in [0.2, 0.25) is 0 Å². The molecule has 1 amide bonds. The van der Waals surface area contributed by atoms with E-state index in [0.717, 1.165) is 5.56 Å². The molecule has 1 heterocycles. The minimum absolute atomic E-state index is 0.111. The molecule has 1 aliphatic rings. The summed E-state index contributed by atoms with van der Waals surface area (Å²) in [7, 11) is 1.70. The fraction of sp³-hybridized carbons (Fsp3) is 0.227. The highest BCUT2D eigenvalue weighted by Crippen LogP contribution is 2.32. The molecule has 1 aliphatic heterocycles. The van der Waals surface area contributed by atoms with Gasteiger partial charge in [-0.2, -0.15) is 0 Å². The van der Waals surface area contributed by atoms with Crippen LogP contribution in [-0.2, 0) is 4.79 Å². The maximum Gasteiger partial charge on any atom is 0.255 e. The number of benzene rings is 2. The van der Waals surface area contributed by atoms with Crippen molar-refractivity contribution in [2.75, 3.05) is 18.1 Å².